The van der Waals surface area contributed by atoms with Crippen molar-refractivity contribution in [1.82, 2.24) is 4.31 Å². The van der Waals surface area contributed by atoms with Crippen LogP contribution in [0.5, 0.6) is 11.5 Å². The number of benzene rings is 2. The van der Waals surface area contributed by atoms with Gasteiger partial charge in [-0.05, 0) is 62.2 Å². The topological polar surface area (TPSA) is 84.9 Å². The van der Waals surface area contributed by atoms with Gasteiger partial charge in [-0.2, -0.15) is 4.31 Å². The molecule has 0 spiro atoms. The Morgan fingerprint density at radius 1 is 1.03 bits per heavy atom. The van der Waals surface area contributed by atoms with E-state index >= 15 is 0 Å². The molecule has 1 saturated heterocycles. The Hall–Kier alpha value is -2.23. The normalized spacial score (nSPS) is 15.6. The molecule has 7 nitrogen and oxygen atoms in total. The Kier molecular flexibility index (Phi) is 7.27. The van der Waals surface area contributed by atoms with E-state index < -0.39 is 10.0 Å². The minimum atomic E-state index is -3.46. The van der Waals surface area contributed by atoms with Crippen LogP contribution in [0.2, 0.25) is 0 Å². The van der Waals surface area contributed by atoms with Gasteiger partial charge in [0.25, 0.3) is 0 Å². The van der Waals surface area contributed by atoms with Gasteiger partial charge in [-0.25, -0.2) is 8.42 Å². The van der Waals surface area contributed by atoms with E-state index in [0.717, 1.165) is 17.7 Å². The Balaban J connectivity index is 1.63. The highest BCUT2D eigenvalue weighted by Gasteiger charge is 2.27. The van der Waals surface area contributed by atoms with Crippen LogP contribution in [-0.2, 0) is 14.8 Å². The van der Waals surface area contributed by atoms with Crippen molar-refractivity contribution in [2.24, 2.45) is 0 Å². The van der Waals surface area contributed by atoms with Crippen LogP contribution in [0.25, 0.3) is 0 Å². The van der Waals surface area contributed by atoms with Crippen LogP contribution >= 0.6 is 11.8 Å². The number of carbonyl (C=O) groups is 1. The summed E-state index contributed by atoms with van der Waals surface area (Å²) in [5.74, 6) is 1.05. The first-order valence-electron chi connectivity index (χ1n) is 9.65. The van der Waals surface area contributed by atoms with Gasteiger partial charge >= 0.3 is 0 Å². The average Bonchev–Trinajstić information content (AvgIpc) is 3.30. The van der Waals surface area contributed by atoms with Crippen molar-refractivity contribution in [2.45, 2.75) is 34.8 Å². The third kappa shape index (κ3) is 5.08. The summed E-state index contributed by atoms with van der Waals surface area (Å²) in [6.07, 6.45) is 1.78. The Bertz CT molecular complexity index is 987. The van der Waals surface area contributed by atoms with Crippen molar-refractivity contribution in [3.05, 3.63) is 42.5 Å². The Morgan fingerprint density at radius 3 is 2.27 bits per heavy atom. The number of thioether (sulfide) groups is 1. The molecule has 1 amide bonds. The Morgan fingerprint density at radius 2 is 1.67 bits per heavy atom. The second kappa shape index (κ2) is 9.72. The lowest BCUT2D eigenvalue weighted by molar-refractivity contribution is -0.115. The first kappa shape index (κ1) is 22.5. The molecule has 0 bridgehead atoms. The molecule has 1 N–H and O–H groups in total. The summed E-state index contributed by atoms with van der Waals surface area (Å²) in [6, 6.07) is 11.8. The highest BCUT2D eigenvalue weighted by molar-refractivity contribution is 8.00. The fourth-order valence-electron chi connectivity index (χ4n) is 3.18. The van der Waals surface area contributed by atoms with Crippen molar-refractivity contribution in [3.63, 3.8) is 0 Å². The highest BCUT2D eigenvalue weighted by Crippen LogP contribution is 2.33. The maximum absolute atomic E-state index is 12.6. The lowest BCUT2D eigenvalue weighted by Gasteiger charge is -2.16. The van der Waals surface area contributed by atoms with E-state index in [4.69, 9.17) is 9.47 Å². The summed E-state index contributed by atoms with van der Waals surface area (Å²) in [5.41, 5.74) is 0.556. The fourth-order valence-corrected chi connectivity index (χ4v) is 5.59. The van der Waals surface area contributed by atoms with Crippen molar-refractivity contribution < 1.29 is 22.7 Å². The van der Waals surface area contributed by atoms with Gasteiger partial charge in [0, 0.05) is 23.7 Å². The van der Waals surface area contributed by atoms with Crippen LogP contribution in [0.1, 0.15) is 19.8 Å². The molecule has 3 rings (SSSR count). The molecule has 1 aliphatic rings. The predicted molar refractivity (Wildman–Crippen MR) is 118 cm³/mol. The largest absolute Gasteiger partial charge is 0.493 e. The van der Waals surface area contributed by atoms with Gasteiger partial charge in [0.2, 0.25) is 15.9 Å². The van der Waals surface area contributed by atoms with Crippen LogP contribution in [-0.4, -0.2) is 51.2 Å². The van der Waals surface area contributed by atoms with E-state index in [9.17, 15) is 13.2 Å². The van der Waals surface area contributed by atoms with Crippen molar-refractivity contribution in [1.29, 1.82) is 0 Å². The Labute approximate surface area is 181 Å². The van der Waals surface area contributed by atoms with Gasteiger partial charge in [0.1, 0.15) is 0 Å². The first-order chi connectivity index (χ1) is 14.3. The number of hydrogen-bond acceptors (Lipinski definition) is 6. The maximum Gasteiger partial charge on any atom is 0.243 e. The molecule has 1 fully saturated rings. The molecule has 1 aliphatic heterocycles. The second-order valence-corrected chi connectivity index (χ2v) is 10.3. The summed E-state index contributed by atoms with van der Waals surface area (Å²) in [6.45, 7) is 2.93. The third-order valence-corrected chi connectivity index (χ3v) is 7.87. The van der Waals surface area contributed by atoms with Gasteiger partial charge in [-0.15, -0.1) is 11.8 Å². The van der Waals surface area contributed by atoms with E-state index in [-0.39, 0.29) is 16.1 Å². The molecule has 0 aliphatic carbocycles. The molecule has 2 aromatic rings. The van der Waals surface area contributed by atoms with Crippen molar-refractivity contribution >= 4 is 33.4 Å². The van der Waals surface area contributed by atoms with E-state index in [1.165, 1.54) is 28.2 Å². The number of sulfonamides is 1. The first-order valence-corrected chi connectivity index (χ1v) is 12.0. The fraction of sp³-hybridized carbons (Fsp3) is 0.381. The molecule has 30 heavy (non-hydrogen) atoms. The zero-order valence-corrected chi connectivity index (χ0v) is 18.9. The smallest absolute Gasteiger partial charge is 0.243 e. The second-order valence-electron chi connectivity index (χ2n) is 6.90. The average molecular weight is 451 g/mol. The van der Waals surface area contributed by atoms with Gasteiger partial charge in [0.15, 0.2) is 11.5 Å². The van der Waals surface area contributed by atoms with E-state index in [1.54, 1.807) is 32.4 Å². The lowest BCUT2D eigenvalue weighted by atomic mass is 10.3. The molecule has 0 radical (unpaired) electrons. The zero-order chi connectivity index (χ0) is 21.7. The van der Waals surface area contributed by atoms with E-state index in [2.05, 4.69) is 5.32 Å². The molecule has 1 atom stereocenters. The number of nitrogens with zero attached hydrogens (tertiary/aromatic N) is 1. The monoisotopic (exact) mass is 450 g/mol. The third-order valence-electron chi connectivity index (χ3n) is 4.86. The summed E-state index contributed by atoms with van der Waals surface area (Å²) >= 11 is 1.39. The van der Waals surface area contributed by atoms with Crippen LogP contribution in [0, 0.1) is 0 Å². The van der Waals surface area contributed by atoms with E-state index in [0.29, 0.717) is 30.3 Å². The van der Waals surface area contributed by atoms with Gasteiger partial charge in [0.05, 0.1) is 24.4 Å². The molecule has 162 valence electrons. The van der Waals surface area contributed by atoms with Gasteiger partial charge < -0.3 is 14.8 Å². The highest BCUT2D eigenvalue weighted by atomic mass is 32.2. The van der Waals surface area contributed by atoms with Gasteiger partial charge in [-0.3, -0.25) is 4.79 Å². The molecule has 2 aromatic carbocycles. The quantitative estimate of drug-likeness (QED) is 0.619. The lowest BCUT2D eigenvalue weighted by Crippen LogP contribution is -2.27. The van der Waals surface area contributed by atoms with Crippen molar-refractivity contribution in [3.8, 4) is 11.5 Å². The summed E-state index contributed by atoms with van der Waals surface area (Å²) in [4.78, 5) is 13.7. The summed E-state index contributed by atoms with van der Waals surface area (Å²) < 4.78 is 37.2. The molecule has 1 heterocycles. The number of ether oxygens (including phenoxy) is 2. The zero-order valence-electron chi connectivity index (χ0n) is 17.3. The van der Waals surface area contributed by atoms with Crippen LogP contribution < -0.4 is 14.8 Å². The van der Waals surface area contributed by atoms with Crippen LogP contribution in [0.4, 0.5) is 5.69 Å². The van der Waals surface area contributed by atoms with Crippen LogP contribution in [0.15, 0.2) is 52.3 Å². The molecule has 0 saturated carbocycles. The summed E-state index contributed by atoms with van der Waals surface area (Å²) in [5, 5.41) is 2.47. The molecule has 0 unspecified atom stereocenters. The van der Waals surface area contributed by atoms with E-state index in [1.807, 2.05) is 19.1 Å². The number of anilines is 1. The van der Waals surface area contributed by atoms with Crippen molar-refractivity contribution in [2.75, 3.05) is 32.6 Å². The SMILES string of the molecule is COc1ccc(S[C@@H](C)C(=O)Nc2ccc(S(=O)(=O)N3CCCC3)cc2)cc1OC. The van der Waals surface area contributed by atoms with Gasteiger partial charge in [-0.1, -0.05) is 0 Å². The number of hydrogen-bond donors (Lipinski definition) is 1. The van der Waals surface area contributed by atoms with Crippen LogP contribution in [0.3, 0.4) is 0 Å². The number of carbonyl (C=O) groups excluding carboxylic acids is 1. The minimum Gasteiger partial charge on any atom is -0.493 e. The minimum absolute atomic E-state index is 0.176. The number of rotatable bonds is 8. The number of nitrogens with one attached hydrogen (secondary N) is 1. The number of methoxy groups -OCH3 is 2. The standard InChI is InChI=1S/C21H26N2O5S2/c1-15(29-17-8-11-19(27-2)20(14-17)28-3)21(24)22-16-6-9-18(10-7-16)30(25,26)23-12-4-5-13-23/h6-11,14-15H,4-5,12-13H2,1-3H3,(H,22,24)/t15-/m0/s1. The molecule has 9 heteroatoms. The predicted octanol–water partition coefficient (Wildman–Crippen LogP) is 3.61. The maximum atomic E-state index is 12.6. The summed E-state index contributed by atoms with van der Waals surface area (Å²) in [7, 11) is -0.322. The molecular formula is C21H26N2O5S2. The number of amides is 1. The molecular weight excluding hydrogens is 424 g/mol. The molecule has 0 aromatic heterocycles.